The van der Waals surface area contributed by atoms with Crippen LogP contribution < -0.4 is 4.74 Å². The Morgan fingerprint density at radius 3 is 3.00 bits per heavy atom. The molecule has 2 heterocycles. The van der Waals surface area contributed by atoms with E-state index in [4.69, 9.17) is 9.26 Å². The lowest BCUT2D eigenvalue weighted by Gasteiger charge is -2.23. The topological polar surface area (TPSA) is 38.5 Å². The first-order valence-corrected chi connectivity index (χ1v) is 7.96. The van der Waals surface area contributed by atoms with Crippen LogP contribution in [0.25, 0.3) is 0 Å². The van der Waals surface area contributed by atoms with Crippen LogP contribution in [0.15, 0.2) is 33.3 Å². The van der Waals surface area contributed by atoms with Crippen molar-refractivity contribution in [2.45, 2.75) is 32.4 Å². The molecule has 0 radical (unpaired) electrons. The maximum atomic E-state index is 5.47. The van der Waals surface area contributed by atoms with Gasteiger partial charge in [-0.25, -0.2) is 0 Å². The van der Waals surface area contributed by atoms with Crippen molar-refractivity contribution in [3.05, 3.63) is 45.8 Å². The molecule has 5 heteroatoms. The highest BCUT2D eigenvalue weighted by atomic mass is 79.9. The molecule has 1 aliphatic heterocycles. The molecule has 0 spiro atoms. The molecular weight excluding hydrogens is 332 g/mol. The highest BCUT2D eigenvalue weighted by Crippen LogP contribution is 2.35. The monoisotopic (exact) mass is 350 g/mol. The van der Waals surface area contributed by atoms with Gasteiger partial charge in [-0.3, -0.25) is 4.90 Å². The van der Waals surface area contributed by atoms with E-state index >= 15 is 0 Å². The number of nitrogens with zero attached hydrogens (tertiary/aromatic N) is 2. The third kappa shape index (κ3) is 3.14. The van der Waals surface area contributed by atoms with Crippen LogP contribution in [-0.4, -0.2) is 23.7 Å². The Morgan fingerprint density at radius 1 is 1.43 bits per heavy atom. The lowest BCUT2D eigenvalue weighted by Crippen LogP contribution is -2.22. The fraction of sp³-hybridized carbons (Fsp3) is 0.438. The predicted octanol–water partition coefficient (Wildman–Crippen LogP) is 4.09. The van der Waals surface area contributed by atoms with Crippen molar-refractivity contribution >= 4 is 15.9 Å². The first-order valence-electron chi connectivity index (χ1n) is 7.17. The molecule has 1 atom stereocenters. The van der Waals surface area contributed by atoms with Gasteiger partial charge >= 0.3 is 0 Å². The van der Waals surface area contributed by atoms with E-state index < -0.39 is 0 Å². The largest absolute Gasteiger partial charge is 0.496 e. The number of aryl methyl sites for hydroxylation is 1. The Bertz CT molecular complexity index is 626. The Kier molecular flexibility index (Phi) is 4.31. The predicted molar refractivity (Wildman–Crippen MR) is 84.3 cm³/mol. The fourth-order valence-electron chi connectivity index (χ4n) is 2.97. The molecule has 0 amide bonds. The number of hydrogen-bond donors (Lipinski definition) is 0. The van der Waals surface area contributed by atoms with E-state index in [-0.39, 0.29) is 0 Å². The van der Waals surface area contributed by atoms with Gasteiger partial charge in [0, 0.05) is 22.6 Å². The lowest BCUT2D eigenvalue weighted by atomic mass is 10.1. The molecule has 4 nitrogen and oxygen atoms in total. The number of benzene rings is 1. The summed E-state index contributed by atoms with van der Waals surface area (Å²) in [4.78, 5) is 2.43. The zero-order chi connectivity index (χ0) is 14.8. The molecule has 2 aromatic rings. The van der Waals surface area contributed by atoms with E-state index in [2.05, 4.69) is 32.1 Å². The molecule has 21 heavy (non-hydrogen) atoms. The molecule has 3 rings (SSSR count). The van der Waals surface area contributed by atoms with Crippen LogP contribution in [0.3, 0.4) is 0 Å². The molecule has 0 unspecified atom stereocenters. The summed E-state index contributed by atoms with van der Waals surface area (Å²) in [5.41, 5.74) is 2.13. The van der Waals surface area contributed by atoms with Crippen LogP contribution in [0.5, 0.6) is 5.75 Å². The minimum absolute atomic E-state index is 0.315. The normalized spacial score (nSPS) is 19.1. The van der Waals surface area contributed by atoms with E-state index in [0.717, 1.165) is 41.2 Å². The summed E-state index contributed by atoms with van der Waals surface area (Å²) in [7, 11) is 1.72. The van der Waals surface area contributed by atoms with Crippen molar-refractivity contribution in [3.63, 3.8) is 0 Å². The first kappa shape index (κ1) is 14.6. The summed E-state index contributed by atoms with van der Waals surface area (Å²) >= 11 is 3.54. The lowest BCUT2D eigenvalue weighted by molar-refractivity contribution is 0.204. The van der Waals surface area contributed by atoms with E-state index in [1.165, 1.54) is 12.0 Å². The summed E-state index contributed by atoms with van der Waals surface area (Å²) in [6.45, 7) is 3.89. The molecule has 0 aliphatic carbocycles. The summed E-state index contributed by atoms with van der Waals surface area (Å²) < 4.78 is 12.0. The van der Waals surface area contributed by atoms with Gasteiger partial charge in [-0.15, -0.1) is 0 Å². The Hall–Kier alpha value is -1.33. The summed E-state index contributed by atoms with van der Waals surface area (Å²) in [5, 5.41) is 4.02. The number of halogens is 1. The number of likely N-dealkylation sites (tertiary alicyclic amines) is 1. The molecule has 1 saturated heterocycles. The van der Waals surface area contributed by atoms with Crippen LogP contribution in [0, 0.1) is 6.92 Å². The van der Waals surface area contributed by atoms with Gasteiger partial charge < -0.3 is 9.26 Å². The molecule has 1 aromatic heterocycles. The number of rotatable bonds is 4. The van der Waals surface area contributed by atoms with Crippen LogP contribution >= 0.6 is 15.9 Å². The second-order valence-electron chi connectivity index (χ2n) is 5.46. The Morgan fingerprint density at radius 2 is 2.29 bits per heavy atom. The molecule has 1 aliphatic rings. The molecular formula is C16H19BrN2O2. The fourth-order valence-corrected chi connectivity index (χ4v) is 3.38. The molecule has 0 N–H and O–H groups in total. The summed E-state index contributed by atoms with van der Waals surface area (Å²) in [6, 6.07) is 8.49. The van der Waals surface area contributed by atoms with Crippen molar-refractivity contribution in [3.8, 4) is 5.75 Å². The van der Waals surface area contributed by atoms with Crippen molar-refractivity contribution < 1.29 is 9.26 Å². The van der Waals surface area contributed by atoms with Gasteiger partial charge in [0.2, 0.25) is 0 Å². The second kappa shape index (κ2) is 6.20. The van der Waals surface area contributed by atoms with E-state index in [1.54, 1.807) is 7.11 Å². The Labute approximate surface area is 133 Å². The summed E-state index contributed by atoms with van der Waals surface area (Å²) in [5.74, 6) is 1.90. The van der Waals surface area contributed by atoms with E-state index in [1.807, 2.05) is 25.1 Å². The zero-order valence-corrected chi connectivity index (χ0v) is 13.9. The van der Waals surface area contributed by atoms with Crippen LogP contribution in [0.2, 0.25) is 0 Å². The van der Waals surface area contributed by atoms with Crippen LogP contribution in [0.1, 0.15) is 35.9 Å². The van der Waals surface area contributed by atoms with Gasteiger partial charge in [0.15, 0.2) is 5.76 Å². The van der Waals surface area contributed by atoms with E-state index in [0.29, 0.717) is 6.04 Å². The zero-order valence-electron chi connectivity index (χ0n) is 12.3. The third-order valence-corrected chi connectivity index (χ3v) is 4.45. The molecule has 0 bridgehead atoms. The quantitative estimate of drug-likeness (QED) is 0.832. The number of aromatic nitrogens is 1. The number of methoxy groups -OCH3 is 1. The van der Waals surface area contributed by atoms with Crippen LogP contribution in [0.4, 0.5) is 0 Å². The van der Waals surface area contributed by atoms with Gasteiger partial charge in [0.1, 0.15) is 5.75 Å². The van der Waals surface area contributed by atoms with Crippen LogP contribution in [-0.2, 0) is 6.54 Å². The first-order chi connectivity index (χ1) is 10.2. The van der Waals surface area contributed by atoms with Crippen molar-refractivity contribution in [2.24, 2.45) is 0 Å². The van der Waals surface area contributed by atoms with Gasteiger partial charge in [-0.2, -0.15) is 0 Å². The van der Waals surface area contributed by atoms with Gasteiger partial charge in [0.25, 0.3) is 0 Å². The molecule has 112 valence electrons. The number of ether oxygens (including phenoxy) is 1. The maximum absolute atomic E-state index is 5.47. The van der Waals surface area contributed by atoms with Gasteiger partial charge in [-0.05, 0) is 44.5 Å². The highest BCUT2D eigenvalue weighted by Gasteiger charge is 2.29. The van der Waals surface area contributed by atoms with Gasteiger partial charge in [0.05, 0.1) is 18.8 Å². The SMILES string of the molecule is COc1ccc(Br)cc1CN1CCC[C@@H]1c1cc(C)no1. The second-order valence-corrected chi connectivity index (χ2v) is 6.37. The van der Waals surface area contributed by atoms with Crippen molar-refractivity contribution in [1.82, 2.24) is 10.1 Å². The standard InChI is InChI=1S/C16H19BrN2O2/c1-11-8-16(21-18-11)14-4-3-7-19(14)10-12-9-13(17)5-6-15(12)20-2/h5-6,8-9,14H,3-4,7,10H2,1-2H3/t14-/m1/s1. The molecule has 1 fully saturated rings. The molecule has 0 saturated carbocycles. The van der Waals surface area contributed by atoms with E-state index in [9.17, 15) is 0 Å². The van der Waals surface area contributed by atoms with Crippen molar-refractivity contribution in [1.29, 1.82) is 0 Å². The average Bonchev–Trinajstić information content (AvgIpc) is 3.08. The number of hydrogen-bond acceptors (Lipinski definition) is 4. The van der Waals surface area contributed by atoms with Gasteiger partial charge in [-0.1, -0.05) is 21.1 Å². The Balaban J connectivity index is 1.82. The smallest absolute Gasteiger partial charge is 0.154 e. The third-order valence-electron chi connectivity index (χ3n) is 3.95. The highest BCUT2D eigenvalue weighted by molar-refractivity contribution is 9.10. The minimum Gasteiger partial charge on any atom is -0.496 e. The molecule has 1 aromatic carbocycles. The maximum Gasteiger partial charge on any atom is 0.154 e. The minimum atomic E-state index is 0.315. The summed E-state index contributed by atoms with van der Waals surface area (Å²) in [6.07, 6.45) is 2.30. The average molecular weight is 351 g/mol. The van der Waals surface area contributed by atoms with Crippen molar-refractivity contribution in [2.75, 3.05) is 13.7 Å².